The molecule has 1 aliphatic heterocycles. The van der Waals surface area contributed by atoms with Gasteiger partial charge in [-0.1, -0.05) is 35.1 Å². The summed E-state index contributed by atoms with van der Waals surface area (Å²) in [5.74, 6) is -0.206. The molecule has 1 fully saturated rings. The molecule has 0 spiro atoms. The Morgan fingerprint density at radius 2 is 1.74 bits per heavy atom. The summed E-state index contributed by atoms with van der Waals surface area (Å²) in [4.78, 5) is 14.7. The number of morpholine rings is 1. The molecule has 0 atom stereocenters. The number of rotatable bonds is 4. The van der Waals surface area contributed by atoms with E-state index in [1.165, 1.54) is 11.3 Å². The van der Waals surface area contributed by atoms with Gasteiger partial charge in [0.05, 0.1) is 13.2 Å². The number of halogens is 1. The lowest BCUT2D eigenvalue weighted by Gasteiger charge is -2.28. The molecule has 0 aliphatic carbocycles. The second-order valence-electron chi connectivity index (χ2n) is 6.02. The van der Waals surface area contributed by atoms with Crippen molar-refractivity contribution in [3.63, 3.8) is 0 Å². The summed E-state index contributed by atoms with van der Waals surface area (Å²) in [5, 5.41) is 12.8. The molecule has 0 saturated carbocycles. The molecule has 6 nitrogen and oxygen atoms in total. The van der Waals surface area contributed by atoms with E-state index in [0.717, 1.165) is 42.6 Å². The average Bonchev–Trinajstić information content (AvgIpc) is 3.18. The molecule has 4 rings (SSSR count). The Bertz CT molecular complexity index is 922. The van der Waals surface area contributed by atoms with Gasteiger partial charge in [-0.05, 0) is 36.4 Å². The van der Waals surface area contributed by atoms with Crippen molar-refractivity contribution in [3.05, 3.63) is 59.1 Å². The van der Waals surface area contributed by atoms with Gasteiger partial charge in [0.25, 0.3) is 5.91 Å². The highest BCUT2D eigenvalue weighted by molar-refractivity contribution is 7.18. The number of amides is 1. The number of carbonyl (C=O) groups excluding carboxylic acids is 1. The first-order valence-electron chi connectivity index (χ1n) is 8.52. The van der Waals surface area contributed by atoms with Crippen LogP contribution in [-0.2, 0) is 4.74 Å². The molecule has 0 bridgehead atoms. The fourth-order valence-electron chi connectivity index (χ4n) is 2.80. The van der Waals surface area contributed by atoms with E-state index < -0.39 is 0 Å². The van der Waals surface area contributed by atoms with Crippen LogP contribution in [0.15, 0.2) is 48.5 Å². The lowest BCUT2D eigenvalue weighted by atomic mass is 10.2. The standard InChI is InChI=1S/C19H17ClN4O2S/c20-15-5-1-14(2-6-15)18-22-23-19(27-18)21-17(25)13-3-7-16(8-4-13)24-9-11-26-12-10-24/h1-8H,9-12H2,(H,21,23,25). The molecular formula is C19H17ClN4O2S. The second kappa shape index (κ2) is 8.04. The van der Waals surface area contributed by atoms with E-state index in [1.54, 1.807) is 12.1 Å². The van der Waals surface area contributed by atoms with Crippen LogP contribution in [0.5, 0.6) is 0 Å². The summed E-state index contributed by atoms with van der Waals surface area (Å²) in [6.07, 6.45) is 0. The number of benzene rings is 2. The molecule has 1 aliphatic rings. The number of hydrogen-bond acceptors (Lipinski definition) is 6. The fourth-order valence-corrected chi connectivity index (χ4v) is 3.67. The van der Waals surface area contributed by atoms with Gasteiger partial charge >= 0.3 is 0 Å². The zero-order valence-electron chi connectivity index (χ0n) is 14.4. The maximum absolute atomic E-state index is 12.5. The third-order valence-electron chi connectivity index (χ3n) is 4.24. The molecule has 2 heterocycles. The first kappa shape index (κ1) is 17.9. The smallest absolute Gasteiger partial charge is 0.257 e. The van der Waals surface area contributed by atoms with Gasteiger partial charge in [0.1, 0.15) is 5.01 Å². The minimum absolute atomic E-state index is 0.206. The quantitative estimate of drug-likeness (QED) is 0.718. The number of anilines is 2. The number of ether oxygens (including phenoxy) is 1. The van der Waals surface area contributed by atoms with Crippen molar-refractivity contribution < 1.29 is 9.53 Å². The van der Waals surface area contributed by atoms with E-state index in [1.807, 2.05) is 36.4 Å². The predicted molar refractivity (Wildman–Crippen MR) is 108 cm³/mol. The highest BCUT2D eigenvalue weighted by atomic mass is 35.5. The molecule has 0 unspecified atom stereocenters. The first-order valence-corrected chi connectivity index (χ1v) is 9.72. The Labute approximate surface area is 165 Å². The van der Waals surface area contributed by atoms with Crippen LogP contribution in [0, 0.1) is 0 Å². The van der Waals surface area contributed by atoms with Crippen LogP contribution in [0.2, 0.25) is 5.02 Å². The summed E-state index contributed by atoms with van der Waals surface area (Å²) >= 11 is 7.22. The third-order valence-corrected chi connectivity index (χ3v) is 5.38. The van der Waals surface area contributed by atoms with Crippen molar-refractivity contribution in [1.82, 2.24) is 10.2 Å². The van der Waals surface area contributed by atoms with Gasteiger partial charge in [0.15, 0.2) is 0 Å². The van der Waals surface area contributed by atoms with Crippen LogP contribution >= 0.6 is 22.9 Å². The van der Waals surface area contributed by atoms with Crippen molar-refractivity contribution >= 4 is 39.7 Å². The molecule has 8 heteroatoms. The average molecular weight is 401 g/mol. The highest BCUT2D eigenvalue weighted by Crippen LogP contribution is 2.27. The Balaban J connectivity index is 1.42. The van der Waals surface area contributed by atoms with E-state index in [9.17, 15) is 4.79 Å². The molecule has 1 aromatic heterocycles. The molecule has 3 aromatic rings. The fraction of sp³-hybridized carbons (Fsp3) is 0.211. The molecule has 0 radical (unpaired) electrons. The molecule has 1 saturated heterocycles. The molecule has 2 aromatic carbocycles. The lowest BCUT2D eigenvalue weighted by Crippen LogP contribution is -2.36. The molecular weight excluding hydrogens is 384 g/mol. The van der Waals surface area contributed by atoms with Crippen LogP contribution in [0.3, 0.4) is 0 Å². The van der Waals surface area contributed by atoms with E-state index in [2.05, 4.69) is 20.4 Å². The third kappa shape index (κ3) is 4.27. The number of aromatic nitrogens is 2. The van der Waals surface area contributed by atoms with Gasteiger partial charge in [-0.3, -0.25) is 10.1 Å². The Hall–Kier alpha value is -2.48. The zero-order valence-corrected chi connectivity index (χ0v) is 16.0. The molecule has 138 valence electrons. The summed E-state index contributed by atoms with van der Waals surface area (Å²) in [7, 11) is 0. The van der Waals surface area contributed by atoms with Crippen LogP contribution in [0.25, 0.3) is 10.6 Å². The minimum atomic E-state index is -0.206. The van der Waals surface area contributed by atoms with Gasteiger partial charge in [-0.2, -0.15) is 0 Å². The Morgan fingerprint density at radius 3 is 2.44 bits per heavy atom. The molecule has 27 heavy (non-hydrogen) atoms. The molecule has 1 N–H and O–H groups in total. The predicted octanol–water partition coefficient (Wildman–Crippen LogP) is 3.95. The van der Waals surface area contributed by atoms with Gasteiger partial charge < -0.3 is 9.64 Å². The number of nitrogens with zero attached hydrogens (tertiary/aromatic N) is 3. The first-order chi connectivity index (χ1) is 13.2. The Kier molecular flexibility index (Phi) is 5.33. The van der Waals surface area contributed by atoms with E-state index in [0.29, 0.717) is 15.7 Å². The topological polar surface area (TPSA) is 67.4 Å². The summed E-state index contributed by atoms with van der Waals surface area (Å²) in [5.41, 5.74) is 2.58. The minimum Gasteiger partial charge on any atom is -0.378 e. The summed E-state index contributed by atoms with van der Waals surface area (Å²) in [6, 6.07) is 14.9. The monoisotopic (exact) mass is 400 g/mol. The van der Waals surface area contributed by atoms with Crippen molar-refractivity contribution in [2.45, 2.75) is 0 Å². The zero-order chi connectivity index (χ0) is 18.6. The van der Waals surface area contributed by atoms with Gasteiger partial charge in [0, 0.05) is 34.9 Å². The van der Waals surface area contributed by atoms with Crippen LogP contribution < -0.4 is 10.2 Å². The summed E-state index contributed by atoms with van der Waals surface area (Å²) in [6.45, 7) is 3.19. The highest BCUT2D eigenvalue weighted by Gasteiger charge is 2.14. The number of hydrogen-bond donors (Lipinski definition) is 1. The van der Waals surface area contributed by atoms with Crippen LogP contribution in [-0.4, -0.2) is 42.4 Å². The van der Waals surface area contributed by atoms with E-state index in [-0.39, 0.29) is 5.91 Å². The Morgan fingerprint density at radius 1 is 1.04 bits per heavy atom. The summed E-state index contributed by atoms with van der Waals surface area (Å²) < 4.78 is 5.37. The van der Waals surface area contributed by atoms with E-state index in [4.69, 9.17) is 16.3 Å². The molecule has 1 amide bonds. The van der Waals surface area contributed by atoms with Crippen molar-refractivity contribution in [2.24, 2.45) is 0 Å². The largest absolute Gasteiger partial charge is 0.378 e. The number of nitrogens with one attached hydrogen (secondary N) is 1. The van der Waals surface area contributed by atoms with Crippen LogP contribution in [0.4, 0.5) is 10.8 Å². The van der Waals surface area contributed by atoms with Gasteiger partial charge in [0.2, 0.25) is 5.13 Å². The normalized spacial score (nSPS) is 14.2. The SMILES string of the molecule is O=C(Nc1nnc(-c2ccc(Cl)cc2)s1)c1ccc(N2CCOCC2)cc1. The maximum Gasteiger partial charge on any atom is 0.257 e. The lowest BCUT2D eigenvalue weighted by molar-refractivity contribution is 0.102. The van der Waals surface area contributed by atoms with Gasteiger partial charge in [-0.15, -0.1) is 10.2 Å². The number of carbonyl (C=O) groups is 1. The van der Waals surface area contributed by atoms with Crippen molar-refractivity contribution in [3.8, 4) is 10.6 Å². The second-order valence-corrected chi connectivity index (χ2v) is 7.43. The van der Waals surface area contributed by atoms with Crippen molar-refractivity contribution in [2.75, 3.05) is 36.5 Å². The van der Waals surface area contributed by atoms with Crippen LogP contribution in [0.1, 0.15) is 10.4 Å². The van der Waals surface area contributed by atoms with Crippen molar-refractivity contribution in [1.29, 1.82) is 0 Å². The van der Waals surface area contributed by atoms with E-state index >= 15 is 0 Å². The van der Waals surface area contributed by atoms with Gasteiger partial charge in [-0.25, -0.2) is 0 Å². The maximum atomic E-state index is 12.5.